The van der Waals surface area contributed by atoms with Crippen molar-refractivity contribution in [1.29, 1.82) is 0 Å². The zero-order valence-electron chi connectivity index (χ0n) is 38.5. The average Bonchev–Trinajstić information content (AvgIpc) is 3.82. The molecule has 310 valence electrons. The van der Waals surface area contributed by atoms with Gasteiger partial charge in [0.2, 0.25) is 0 Å². The first-order valence-electron chi connectivity index (χ1n) is 22.6. The second kappa shape index (κ2) is 16.9. The summed E-state index contributed by atoms with van der Waals surface area (Å²) in [6.07, 6.45) is 1.25. The van der Waals surface area contributed by atoms with Crippen molar-refractivity contribution in [2.75, 3.05) is 0 Å². The van der Waals surface area contributed by atoms with Crippen LogP contribution in [-0.4, -0.2) is 0 Å². The van der Waals surface area contributed by atoms with Gasteiger partial charge in [-0.1, -0.05) is 254 Å². The molecule has 0 N–H and O–H groups in total. The van der Waals surface area contributed by atoms with Gasteiger partial charge in [0, 0.05) is 5.41 Å². The monoisotopic (exact) mass is 806 g/mol. The third kappa shape index (κ3) is 7.45. The quantitative estimate of drug-likeness (QED) is 0.155. The largest absolute Gasteiger partial charge is 0.0725 e. The second-order valence-electron chi connectivity index (χ2n) is 19.1. The van der Waals surface area contributed by atoms with Crippen molar-refractivity contribution in [1.82, 2.24) is 0 Å². The Kier molecular flexibility index (Phi) is 11.6. The van der Waals surface area contributed by atoms with E-state index in [1.165, 1.54) is 107 Å². The van der Waals surface area contributed by atoms with Crippen LogP contribution >= 0.6 is 0 Å². The van der Waals surface area contributed by atoms with Crippen LogP contribution in [0.4, 0.5) is 0 Å². The summed E-state index contributed by atoms with van der Waals surface area (Å²) in [6, 6.07) is 66.9. The van der Waals surface area contributed by atoms with Gasteiger partial charge in [-0.05, 0) is 110 Å². The fraction of sp³-hybridized carbons (Fsp3) is 0.226. The van der Waals surface area contributed by atoms with Crippen molar-refractivity contribution in [2.24, 2.45) is 0 Å². The predicted octanol–water partition coefficient (Wildman–Crippen LogP) is 17.0. The SMILES string of the molecule is CCC.Cc1ccc(-c2ccc(C(C)(C)C)cc2)cc1.Cc1ccc2c(c1)C(C)(C)c1ccccc1-2.Cc1ccc2c(c1)C1(c3ccccc3-c3ccccc31)c1ccccc1-2. The third-order valence-corrected chi connectivity index (χ3v) is 13.0. The van der Waals surface area contributed by atoms with E-state index in [1.807, 2.05) is 0 Å². The maximum atomic E-state index is 2.40. The molecule has 0 atom stereocenters. The molecule has 0 fully saturated rings. The Bertz CT molecular complexity index is 2790. The van der Waals surface area contributed by atoms with Crippen LogP contribution in [0, 0.1) is 20.8 Å². The first kappa shape index (κ1) is 42.5. The standard InChI is InChI=1S/C26H18.C17H20.C16H16.C3H8/c1-17-14-15-21-20-10-4-7-13-24(20)26(25(21)16-17)22-11-5-2-8-18(22)19-9-3-6-12-23(19)26;1-13-5-7-14(8-6-13)15-9-11-16(12-10-15)17(2,3)4;1-11-8-9-13-12-6-4-5-7-14(12)16(2,3)15(13)10-11;1-3-2/h2-16H,1H3;5-12H,1-4H3;4-10H,1-3H3;3H2,1-2H3. The van der Waals surface area contributed by atoms with Crippen LogP contribution in [0.3, 0.4) is 0 Å². The molecule has 0 aromatic heterocycles. The Labute approximate surface area is 372 Å². The second-order valence-corrected chi connectivity index (χ2v) is 19.1. The van der Waals surface area contributed by atoms with Crippen LogP contribution in [0.2, 0.25) is 0 Å². The molecule has 0 amide bonds. The molecule has 1 spiro atoms. The van der Waals surface area contributed by atoms with Crippen LogP contribution in [0.15, 0.2) is 182 Å². The molecule has 0 heterocycles. The molecule has 0 saturated carbocycles. The third-order valence-electron chi connectivity index (χ3n) is 13.0. The summed E-state index contributed by atoms with van der Waals surface area (Å²) in [6.45, 7) is 22.1. The Hall–Kier alpha value is -6.24. The Morgan fingerprint density at radius 3 is 1.11 bits per heavy atom. The molecule has 0 saturated heterocycles. The van der Waals surface area contributed by atoms with E-state index in [9.17, 15) is 0 Å². The predicted molar refractivity (Wildman–Crippen MR) is 267 cm³/mol. The van der Waals surface area contributed by atoms with E-state index in [0.29, 0.717) is 0 Å². The summed E-state index contributed by atoms with van der Waals surface area (Å²) in [5, 5.41) is 0. The summed E-state index contributed by atoms with van der Waals surface area (Å²) in [5.41, 5.74) is 25.0. The van der Waals surface area contributed by atoms with Gasteiger partial charge >= 0.3 is 0 Å². The van der Waals surface area contributed by atoms with Gasteiger partial charge in [-0.15, -0.1) is 0 Å². The van der Waals surface area contributed by atoms with E-state index in [0.717, 1.165) is 0 Å². The highest BCUT2D eigenvalue weighted by Crippen LogP contribution is 2.62. The van der Waals surface area contributed by atoms with Crippen LogP contribution in [-0.2, 0) is 16.2 Å². The van der Waals surface area contributed by atoms with Gasteiger partial charge in [0.05, 0.1) is 5.41 Å². The van der Waals surface area contributed by atoms with Gasteiger partial charge < -0.3 is 0 Å². The van der Waals surface area contributed by atoms with Crippen LogP contribution in [0.5, 0.6) is 0 Å². The molecule has 0 nitrogen and oxygen atoms in total. The lowest BCUT2D eigenvalue weighted by molar-refractivity contribution is 0.590. The maximum Gasteiger partial charge on any atom is 0.0725 e. The normalized spacial score (nSPS) is 13.6. The molecule has 0 radical (unpaired) electrons. The minimum absolute atomic E-state index is 0.151. The Balaban J connectivity index is 0.000000129. The topological polar surface area (TPSA) is 0 Å². The number of hydrogen-bond acceptors (Lipinski definition) is 0. The molecule has 8 aromatic rings. The molecular weight excluding hydrogens is 745 g/mol. The van der Waals surface area contributed by atoms with E-state index in [1.54, 1.807) is 0 Å². The van der Waals surface area contributed by atoms with Gasteiger partial charge in [0.1, 0.15) is 0 Å². The van der Waals surface area contributed by atoms with Gasteiger partial charge in [-0.25, -0.2) is 0 Å². The highest BCUT2D eigenvalue weighted by atomic mass is 14.5. The number of fused-ring (bicyclic) bond motifs is 13. The van der Waals surface area contributed by atoms with Crippen molar-refractivity contribution < 1.29 is 0 Å². The summed E-state index contributed by atoms with van der Waals surface area (Å²) >= 11 is 0. The fourth-order valence-electron chi connectivity index (χ4n) is 9.94. The highest BCUT2D eigenvalue weighted by molar-refractivity contribution is 5.95. The van der Waals surface area contributed by atoms with E-state index >= 15 is 0 Å². The average molecular weight is 807 g/mol. The molecular formula is C62H62. The van der Waals surface area contributed by atoms with E-state index in [2.05, 4.69) is 251 Å². The van der Waals surface area contributed by atoms with Crippen LogP contribution in [0.25, 0.3) is 44.5 Å². The molecule has 0 bridgehead atoms. The molecule has 0 aliphatic heterocycles. The van der Waals surface area contributed by atoms with Gasteiger partial charge in [-0.2, -0.15) is 0 Å². The van der Waals surface area contributed by atoms with E-state index in [4.69, 9.17) is 0 Å². The summed E-state index contributed by atoms with van der Waals surface area (Å²) < 4.78 is 0. The summed E-state index contributed by atoms with van der Waals surface area (Å²) in [5.74, 6) is 0. The van der Waals surface area contributed by atoms with E-state index < -0.39 is 0 Å². The Morgan fingerprint density at radius 2 is 0.677 bits per heavy atom. The summed E-state index contributed by atoms with van der Waals surface area (Å²) in [7, 11) is 0. The molecule has 11 rings (SSSR count). The molecule has 8 aromatic carbocycles. The van der Waals surface area contributed by atoms with Crippen molar-refractivity contribution >= 4 is 0 Å². The summed E-state index contributed by atoms with van der Waals surface area (Å²) in [4.78, 5) is 0. The molecule has 0 heteroatoms. The highest BCUT2D eigenvalue weighted by Gasteiger charge is 2.51. The number of aryl methyl sites for hydroxylation is 3. The fourth-order valence-corrected chi connectivity index (χ4v) is 9.94. The zero-order chi connectivity index (χ0) is 43.8. The number of rotatable bonds is 1. The number of benzene rings is 8. The van der Waals surface area contributed by atoms with Crippen molar-refractivity contribution in [3.63, 3.8) is 0 Å². The zero-order valence-corrected chi connectivity index (χ0v) is 38.5. The first-order chi connectivity index (χ1) is 29.8. The van der Waals surface area contributed by atoms with Gasteiger partial charge in [0.15, 0.2) is 0 Å². The lowest BCUT2D eigenvalue weighted by Gasteiger charge is -2.30. The molecule has 3 aliphatic rings. The van der Waals surface area contributed by atoms with Crippen molar-refractivity contribution in [2.45, 2.75) is 91.9 Å². The maximum absolute atomic E-state index is 2.40. The van der Waals surface area contributed by atoms with Crippen molar-refractivity contribution in [3.05, 3.63) is 238 Å². The lowest BCUT2D eigenvalue weighted by atomic mass is 9.70. The first-order valence-corrected chi connectivity index (χ1v) is 22.6. The Morgan fingerprint density at radius 1 is 0.355 bits per heavy atom. The molecule has 3 aliphatic carbocycles. The van der Waals surface area contributed by atoms with Gasteiger partial charge in [0.25, 0.3) is 0 Å². The van der Waals surface area contributed by atoms with Crippen LogP contribution < -0.4 is 0 Å². The van der Waals surface area contributed by atoms with Gasteiger partial charge in [-0.3, -0.25) is 0 Å². The smallest absolute Gasteiger partial charge is 0.0656 e. The molecule has 0 unspecified atom stereocenters. The lowest BCUT2D eigenvalue weighted by Crippen LogP contribution is -2.25. The minimum atomic E-state index is -0.189. The molecule has 62 heavy (non-hydrogen) atoms. The van der Waals surface area contributed by atoms with E-state index in [-0.39, 0.29) is 16.2 Å². The van der Waals surface area contributed by atoms with Crippen molar-refractivity contribution in [3.8, 4) is 44.5 Å². The van der Waals surface area contributed by atoms with Crippen LogP contribution in [0.1, 0.15) is 111 Å². The minimum Gasteiger partial charge on any atom is -0.0656 e. The number of hydrogen-bond donors (Lipinski definition) is 0.